The van der Waals surface area contributed by atoms with Gasteiger partial charge in [-0.05, 0) is 66.7 Å². The van der Waals surface area contributed by atoms with Crippen molar-refractivity contribution in [2.24, 2.45) is 0 Å². The number of benzene rings is 2. The molecule has 8 heteroatoms. The normalized spacial score (nSPS) is 11.1. The van der Waals surface area contributed by atoms with Crippen LogP contribution in [-0.4, -0.2) is 26.1 Å². The quantitative estimate of drug-likeness (QED) is 0.278. The average Bonchev–Trinajstić information content (AvgIpc) is 3.30. The number of hydrogen-bond acceptors (Lipinski definition) is 6. The number of nitrogens with one attached hydrogen (secondary N) is 3. The van der Waals surface area contributed by atoms with Gasteiger partial charge in [0.2, 0.25) is 0 Å². The maximum atomic E-state index is 12.8. The van der Waals surface area contributed by atoms with E-state index in [1.54, 1.807) is 24.5 Å². The Bertz CT molecular complexity index is 1450. The molecule has 0 bridgehead atoms. The first-order valence-corrected chi connectivity index (χ1v) is 11.4. The number of aromatic nitrogens is 4. The van der Waals surface area contributed by atoms with E-state index in [0.717, 1.165) is 32.1 Å². The number of hydrazine groups is 1. The van der Waals surface area contributed by atoms with Gasteiger partial charge in [-0.1, -0.05) is 36.0 Å². The number of amides is 1. The lowest BCUT2D eigenvalue weighted by molar-refractivity contribution is 0.0959. The predicted octanol–water partition coefficient (Wildman–Crippen LogP) is 5.43. The fourth-order valence-electron chi connectivity index (χ4n) is 3.34. The number of rotatable bonds is 7. The van der Waals surface area contributed by atoms with Crippen LogP contribution in [0, 0.1) is 0 Å². The Morgan fingerprint density at radius 2 is 1.71 bits per heavy atom. The second-order valence-electron chi connectivity index (χ2n) is 7.30. The van der Waals surface area contributed by atoms with Crippen molar-refractivity contribution in [3.05, 3.63) is 108 Å². The van der Waals surface area contributed by atoms with Gasteiger partial charge >= 0.3 is 0 Å². The third kappa shape index (κ3) is 4.97. The molecule has 0 spiro atoms. The van der Waals surface area contributed by atoms with Gasteiger partial charge in [0.25, 0.3) is 5.91 Å². The first-order valence-electron chi connectivity index (χ1n) is 10.6. The second kappa shape index (κ2) is 10.0. The van der Waals surface area contributed by atoms with Crippen LogP contribution < -0.4 is 10.9 Å². The Morgan fingerprint density at radius 1 is 0.882 bits per heavy atom. The van der Waals surface area contributed by atoms with Crippen LogP contribution in [0.3, 0.4) is 0 Å². The number of H-pyrrole nitrogens is 1. The lowest BCUT2D eigenvalue weighted by Crippen LogP contribution is -2.30. The van der Waals surface area contributed by atoms with Crippen molar-refractivity contribution in [2.75, 3.05) is 5.43 Å². The molecular weight excluding hydrogens is 444 g/mol. The molecule has 166 valence electrons. The van der Waals surface area contributed by atoms with Crippen LogP contribution in [0.1, 0.15) is 21.7 Å². The topological polar surface area (TPSA) is 95.6 Å². The SMILES string of the molecule is O=C(NNc1ccccn1)c1ccccc1Sc1ccc2c(C=Cc3ccccn3)n[nH]c2c1. The molecule has 0 saturated carbocycles. The van der Waals surface area contributed by atoms with Crippen molar-refractivity contribution in [3.8, 4) is 0 Å². The molecule has 5 rings (SSSR count). The smallest absolute Gasteiger partial charge is 0.270 e. The zero-order valence-electron chi connectivity index (χ0n) is 18.0. The molecule has 2 aromatic carbocycles. The fourth-order valence-corrected chi connectivity index (χ4v) is 4.33. The molecule has 0 atom stereocenters. The van der Waals surface area contributed by atoms with E-state index in [-0.39, 0.29) is 5.91 Å². The van der Waals surface area contributed by atoms with E-state index in [4.69, 9.17) is 0 Å². The van der Waals surface area contributed by atoms with Crippen LogP contribution in [0.25, 0.3) is 23.1 Å². The molecule has 0 unspecified atom stereocenters. The fraction of sp³-hybridized carbons (Fsp3) is 0. The molecule has 3 aromatic heterocycles. The third-order valence-corrected chi connectivity index (χ3v) is 6.06. The number of aromatic amines is 1. The number of pyridine rings is 2. The standard InChI is InChI=1S/C26H20N6OS/c33-26(32-31-25-10-4-6-16-28-25)21-8-1-2-9-24(21)34-19-12-13-20-22(29-30-23(20)17-19)14-11-18-7-3-5-15-27-18/h1-17H,(H,28,31)(H,29,30)(H,32,33). The molecular formula is C26H20N6OS. The van der Waals surface area contributed by atoms with E-state index in [0.29, 0.717) is 11.4 Å². The lowest BCUT2D eigenvalue weighted by atomic mass is 10.2. The van der Waals surface area contributed by atoms with Crippen LogP contribution >= 0.6 is 11.8 Å². The third-order valence-electron chi connectivity index (χ3n) is 4.99. The number of anilines is 1. The van der Waals surface area contributed by atoms with Gasteiger partial charge in [0.05, 0.1) is 22.5 Å². The first kappa shape index (κ1) is 21.4. The molecule has 0 aliphatic carbocycles. The summed E-state index contributed by atoms with van der Waals surface area (Å²) in [6, 6.07) is 24.8. The molecule has 7 nitrogen and oxygen atoms in total. The summed E-state index contributed by atoms with van der Waals surface area (Å²) >= 11 is 1.52. The molecule has 5 aromatic rings. The highest BCUT2D eigenvalue weighted by atomic mass is 32.2. The van der Waals surface area contributed by atoms with Gasteiger partial charge in [-0.15, -0.1) is 0 Å². The van der Waals surface area contributed by atoms with E-state index in [2.05, 4.69) is 31.0 Å². The van der Waals surface area contributed by atoms with E-state index < -0.39 is 0 Å². The summed E-state index contributed by atoms with van der Waals surface area (Å²) in [5.41, 5.74) is 8.76. The van der Waals surface area contributed by atoms with Gasteiger partial charge in [-0.2, -0.15) is 5.10 Å². The first-order chi connectivity index (χ1) is 16.8. The zero-order chi connectivity index (χ0) is 23.2. The van der Waals surface area contributed by atoms with Crippen molar-refractivity contribution < 1.29 is 4.79 Å². The summed E-state index contributed by atoms with van der Waals surface area (Å²) < 4.78 is 0. The minimum atomic E-state index is -0.238. The van der Waals surface area contributed by atoms with Crippen LogP contribution in [-0.2, 0) is 0 Å². The minimum absolute atomic E-state index is 0.238. The molecule has 0 aliphatic rings. The van der Waals surface area contributed by atoms with Gasteiger partial charge in [-0.3, -0.25) is 25.7 Å². The predicted molar refractivity (Wildman–Crippen MR) is 135 cm³/mol. The summed E-state index contributed by atoms with van der Waals surface area (Å²) in [5, 5.41) is 8.54. The summed E-state index contributed by atoms with van der Waals surface area (Å²) in [7, 11) is 0. The molecule has 34 heavy (non-hydrogen) atoms. The molecule has 0 aliphatic heterocycles. The van der Waals surface area contributed by atoms with Gasteiger partial charge in [-0.25, -0.2) is 4.98 Å². The van der Waals surface area contributed by atoms with Crippen LogP contribution in [0.2, 0.25) is 0 Å². The molecule has 0 fully saturated rings. The highest BCUT2D eigenvalue weighted by Gasteiger charge is 2.13. The largest absolute Gasteiger partial charge is 0.282 e. The summed E-state index contributed by atoms with van der Waals surface area (Å²) in [4.78, 5) is 23.1. The number of fused-ring (bicyclic) bond motifs is 1. The number of hydrogen-bond donors (Lipinski definition) is 3. The van der Waals surface area contributed by atoms with Gasteiger partial charge in [0, 0.05) is 27.6 Å². The van der Waals surface area contributed by atoms with Crippen LogP contribution in [0.5, 0.6) is 0 Å². The summed E-state index contributed by atoms with van der Waals surface area (Å²) in [5.74, 6) is 0.330. The van der Waals surface area contributed by atoms with Crippen molar-refractivity contribution in [1.29, 1.82) is 0 Å². The van der Waals surface area contributed by atoms with Crippen LogP contribution in [0.15, 0.2) is 101 Å². The molecule has 0 saturated heterocycles. The highest BCUT2D eigenvalue weighted by Crippen LogP contribution is 2.32. The zero-order valence-corrected chi connectivity index (χ0v) is 18.8. The number of carbonyl (C=O) groups is 1. The average molecular weight is 465 g/mol. The minimum Gasteiger partial charge on any atom is -0.282 e. The van der Waals surface area contributed by atoms with Gasteiger partial charge in [0.1, 0.15) is 5.82 Å². The maximum Gasteiger partial charge on any atom is 0.270 e. The van der Waals surface area contributed by atoms with Gasteiger partial charge < -0.3 is 0 Å². The van der Waals surface area contributed by atoms with Crippen molar-refractivity contribution in [3.63, 3.8) is 0 Å². The highest BCUT2D eigenvalue weighted by molar-refractivity contribution is 7.99. The Morgan fingerprint density at radius 3 is 2.53 bits per heavy atom. The van der Waals surface area contributed by atoms with Crippen molar-refractivity contribution >= 4 is 46.5 Å². The Labute approximate surface area is 200 Å². The van der Waals surface area contributed by atoms with Crippen molar-refractivity contribution in [1.82, 2.24) is 25.6 Å². The van der Waals surface area contributed by atoms with E-state index in [9.17, 15) is 4.79 Å². The van der Waals surface area contributed by atoms with Crippen LogP contribution in [0.4, 0.5) is 5.82 Å². The lowest BCUT2D eigenvalue weighted by Gasteiger charge is -2.11. The van der Waals surface area contributed by atoms with Gasteiger partial charge in [0.15, 0.2) is 0 Å². The van der Waals surface area contributed by atoms with E-state index in [1.165, 1.54) is 11.8 Å². The summed E-state index contributed by atoms with van der Waals surface area (Å²) in [6.07, 6.45) is 7.30. The molecule has 0 radical (unpaired) electrons. The van der Waals surface area contributed by atoms with E-state index in [1.807, 2.05) is 78.9 Å². The Kier molecular flexibility index (Phi) is 6.31. The number of carbonyl (C=O) groups excluding carboxylic acids is 1. The molecule has 3 heterocycles. The monoisotopic (exact) mass is 464 g/mol. The molecule has 1 amide bonds. The summed E-state index contributed by atoms with van der Waals surface area (Å²) in [6.45, 7) is 0. The number of nitrogens with zero attached hydrogens (tertiary/aromatic N) is 3. The second-order valence-corrected chi connectivity index (χ2v) is 8.41. The molecule has 3 N–H and O–H groups in total. The maximum absolute atomic E-state index is 12.8. The van der Waals surface area contributed by atoms with E-state index >= 15 is 0 Å². The Hall–Kier alpha value is -4.43. The Balaban J connectivity index is 1.32. The van der Waals surface area contributed by atoms with Crippen molar-refractivity contribution in [2.45, 2.75) is 9.79 Å².